The molecule has 1 heterocycles. The molecular weight excluding hydrogens is 357 g/mol. The maximum absolute atomic E-state index is 13.3. The number of nitrogens with two attached hydrogens (primary N) is 1. The normalized spacial score (nSPS) is 23.8. The number of benzene rings is 1. The lowest BCUT2D eigenvalue weighted by molar-refractivity contribution is -0.136. The maximum Gasteiger partial charge on any atom is 0.254 e. The van der Waals surface area contributed by atoms with Crippen molar-refractivity contribution in [3.05, 3.63) is 35.6 Å². The molecule has 1 aliphatic heterocycles. The molecule has 1 saturated heterocycles. The third-order valence-electron chi connectivity index (χ3n) is 5.23. The van der Waals surface area contributed by atoms with Crippen LogP contribution in [0.3, 0.4) is 0 Å². The maximum atomic E-state index is 13.3. The second kappa shape index (κ2) is 9.33. The van der Waals surface area contributed by atoms with Crippen molar-refractivity contribution in [3.8, 4) is 0 Å². The fourth-order valence-electron chi connectivity index (χ4n) is 3.86. The minimum Gasteiger partial charge on any atom is -0.341 e. The summed E-state index contributed by atoms with van der Waals surface area (Å²) in [5.41, 5.74) is 6.37. The van der Waals surface area contributed by atoms with E-state index in [2.05, 4.69) is 0 Å². The van der Waals surface area contributed by atoms with Crippen molar-refractivity contribution in [2.45, 2.75) is 38.1 Å². The predicted molar refractivity (Wildman–Crippen MR) is 101 cm³/mol. The van der Waals surface area contributed by atoms with Gasteiger partial charge in [-0.1, -0.05) is 12.5 Å². The second-order valence-corrected chi connectivity index (χ2v) is 7.10. The molecule has 2 amide bonds. The summed E-state index contributed by atoms with van der Waals surface area (Å²) in [5.74, 6) is -0.385. The van der Waals surface area contributed by atoms with Crippen LogP contribution in [0, 0.1) is 11.7 Å². The SMILES string of the molecule is Cl.NC1CCCC(C(=O)N2CCCN(C(=O)c3cccc(F)c3)CC2)C1. The highest BCUT2D eigenvalue weighted by Gasteiger charge is 2.30. The van der Waals surface area contributed by atoms with Gasteiger partial charge >= 0.3 is 0 Å². The van der Waals surface area contributed by atoms with Gasteiger partial charge in [0.25, 0.3) is 5.91 Å². The Kier molecular flexibility index (Phi) is 7.41. The fourth-order valence-corrected chi connectivity index (χ4v) is 3.86. The van der Waals surface area contributed by atoms with E-state index >= 15 is 0 Å². The second-order valence-electron chi connectivity index (χ2n) is 7.10. The molecule has 1 aliphatic carbocycles. The van der Waals surface area contributed by atoms with Crippen LogP contribution >= 0.6 is 12.4 Å². The molecule has 5 nitrogen and oxygen atoms in total. The summed E-state index contributed by atoms with van der Waals surface area (Å²) < 4.78 is 13.3. The van der Waals surface area contributed by atoms with Crippen LogP contribution in [0.15, 0.2) is 24.3 Å². The third kappa shape index (κ3) is 4.95. The highest BCUT2D eigenvalue weighted by molar-refractivity contribution is 5.94. The Balaban J connectivity index is 0.00000243. The van der Waals surface area contributed by atoms with Gasteiger partial charge in [0.2, 0.25) is 5.91 Å². The number of carbonyl (C=O) groups excluding carboxylic acids is 2. The zero-order chi connectivity index (χ0) is 17.8. The van der Waals surface area contributed by atoms with E-state index in [1.165, 1.54) is 12.1 Å². The van der Waals surface area contributed by atoms with Gasteiger partial charge in [-0.2, -0.15) is 0 Å². The number of hydrogen-bond acceptors (Lipinski definition) is 3. The molecule has 2 unspecified atom stereocenters. The Morgan fingerprint density at radius 2 is 1.77 bits per heavy atom. The summed E-state index contributed by atoms with van der Waals surface area (Å²) in [7, 11) is 0. The highest BCUT2D eigenvalue weighted by atomic mass is 35.5. The van der Waals surface area contributed by atoms with Crippen LogP contribution in [-0.4, -0.2) is 53.8 Å². The summed E-state index contributed by atoms with van der Waals surface area (Å²) in [4.78, 5) is 28.9. The molecule has 1 saturated carbocycles. The van der Waals surface area contributed by atoms with E-state index < -0.39 is 5.82 Å². The van der Waals surface area contributed by atoms with Crippen molar-refractivity contribution >= 4 is 24.2 Å². The molecule has 0 bridgehead atoms. The minimum atomic E-state index is -0.411. The van der Waals surface area contributed by atoms with E-state index in [0.29, 0.717) is 31.7 Å². The van der Waals surface area contributed by atoms with Crippen LogP contribution in [-0.2, 0) is 4.79 Å². The molecule has 0 aromatic heterocycles. The first kappa shape index (κ1) is 20.6. The number of amides is 2. The molecule has 7 heteroatoms. The van der Waals surface area contributed by atoms with Gasteiger partial charge in [-0.15, -0.1) is 12.4 Å². The van der Waals surface area contributed by atoms with Gasteiger partial charge < -0.3 is 15.5 Å². The monoisotopic (exact) mass is 383 g/mol. The van der Waals surface area contributed by atoms with Crippen molar-refractivity contribution < 1.29 is 14.0 Å². The van der Waals surface area contributed by atoms with Crippen LogP contribution in [0.2, 0.25) is 0 Å². The molecule has 1 aromatic carbocycles. The van der Waals surface area contributed by atoms with Gasteiger partial charge in [0.1, 0.15) is 5.82 Å². The van der Waals surface area contributed by atoms with Gasteiger partial charge in [0.05, 0.1) is 0 Å². The molecule has 2 aliphatic rings. The van der Waals surface area contributed by atoms with E-state index in [0.717, 1.165) is 32.1 Å². The van der Waals surface area contributed by atoms with Crippen LogP contribution < -0.4 is 5.73 Å². The minimum absolute atomic E-state index is 0. The fraction of sp³-hybridized carbons (Fsp3) is 0.579. The van der Waals surface area contributed by atoms with Crippen LogP contribution in [0.25, 0.3) is 0 Å². The van der Waals surface area contributed by atoms with Crippen LogP contribution in [0.5, 0.6) is 0 Å². The smallest absolute Gasteiger partial charge is 0.254 e. The van der Waals surface area contributed by atoms with E-state index in [1.807, 2.05) is 4.90 Å². The number of carbonyl (C=O) groups is 2. The van der Waals surface area contributed by atoms with Gasteiger partial charge in [0, 0.05) is 43.7 Å². The average Bonchev–Trinajstić information content (AvgIpc) is 2.86. The lowest BCUT2D eigenvalue weighted by Crippen LogP contribution is -2.42. The Bertz CT molecular complexity index is 643. The number of halogens is 2. The van der Waals surface area contributed by atoms with E-state index in [9.17, 15) is 14.0 Å². The number of nitrogens with zero attached hydrogens (tertiary/aromatic N) is 2. The molecule has 144 valence electrons. The Hall–Kier alpha value is -1.66. The third-order valence-corrected chi connectivity index (χ3v) is 5.23. The molecule has 2 N–H and O–H groups in total. The standard InChI is InChI=1S/C19H26FN3O2.ClH/c20-16-6-1-4-14(12-16)18(24)22-8-3-9-23(11-10-22)19(25)15-5-2-7-17(21)13-15;/h1,4,6,12,15,17H,2-3,5,7-11,13,21H2;1H. The molecule has 0 spiro atoms. The summed E-state index contributed by atoms with van der Waals surface area (Å²) in [5, 5.41) is 0. The van der Waals surface area contributed by atoms with E-state index in [4.69, 9.17) is 5.73 Å². The summed E-state index contributed by atoms with van der Waals surface area (Å²) in [6.45, 7) is 2.27. The molecule has 0 radical (unpaired) electrons. The summed E-state index contributed by atoms with van der Waals surface area (Å²) in [6.07, 6.45) is 4.43. The topological polar surface area (TPSA) is 66.6 Å². The molecule has 1 aromatic rings. The Morgan fingerprint density at radius 1 is 1.04 bits per heavy atom. The quantitative estimate of drug-likeness (QED) is 0.852. The lowest BCUT2D eigenvalue weighted by Gasteiger charge is -2.30. The number of hydrogen-bond donors (Lipinski definition) is 1. The zero-order valence-electron chi connectivity index (χ0n) is 14.9. The predicted octanol–water partition coefficient (Wildman–Crippen LogP) is 2.44. The summed E-state index contributed by atoms with van der Waals surface area (Å²) >= 11 is 0. The first-order chi connectivity index (χ1) is 12.0. The Labute approximate surface area is 160 Å². The molecule has 26 heavy (non-hydrogen) atoms. The first-order valence-electron chi connectivity index (χ1n) is 9.14. The van der Waals surface area contributed by atoms with Gasteiger partial charge in [-0.25, -0.2) is 4.39 Å². The number of rotatable bonds is 2. The van der Waals surface area contributed by atoms with Crippen molar-refractivity contribution in [2.24, 2.45) is 11.7 Å². The van der Waals surface area contributed by atoms with Crippen molar-refractivity contribution in [1.29, 1.82) is 0 Å². The van der Waals surface area contributed by atoms with E-state index in [1.54, 1.807) is 17.0 Å². The van der Waals surface area contributed by atoms with Crippen molar-refractivity contribution in [2.75, 3.05) is 26.2 Å². The Morgan fingerprint density at radius 3 is 2.50 bits per heavy atom. The first-order valence-corrected chi connectivity index (χ1v) is 9.14. The van der Waals surface area contributed by atoms with Crippen LogP contribution in [0.1, 0.15) is 42.5 Å². The largest absolute Gasteiger partial charge is 0.341 e. The molecule has 2 fully saturated rings. The van der Waals surface area contributed by atoms with Gasteiger partial charge in [-0.3, -0.25) is 9.59 Å². The zero-order valence-corrected chi connectivity index (χ0v) is 15.7. The summed E-state index contributed by atoms with van der Waals surface area (Å²) in [6, 6.07) is 5.89. The average molecular weight is 384 g/mol. The highest BCUT2D eigenvalue weighted by Crippen LogP contribution is 2.25. The van der Waals surface area contributed by atoms with Gasteiger partial charge in [0.15, 0.2) is 0 Å². The molecule has 3 rings (SSSR count). The van der Waals surface area contributed by atoms with Crippen LogP contribution in [0.4, 0.5) is 4.39 Å². The van der Waals surface area contributed by atoms with Crippen molar-refractivity contribution in [3.63, 3.8) is 0 Å². The lowest BCUT2D eigenvalue weighted by atomic mass is 9.85. The van der Waals surface area contributed by atoms with Gasteiger partial charge in [-0.05, 0) is 43.9 Å². The van der Waals surface area contributed by atoms with E-state index in [-0.39, 0.29) is 36.2 Å². The van der Waals surface area contributed by atoms with Crippen molar-refractivity contribution in [1.82, 2.24) is 9.80 Å². The molecular formula is C19H27ClFN3O2. The molecule has 2 atom stereocenters.